The first kappa shape index (κ1) is 8.58. The van der Waals surface area contributed by atoms with Crippen LogP contribution in [-0.2, 0) is 6.54 Å². The van der Waals surface area contributed by atoms with E-state index in [0.717, 1.165) is 0 Å². The van der Waals surface area contributed by atoms with E-state index in [1.807, 2.05) is 6.92 Å². The highest BCUT2D eigenvalue weighted by Gasteiger charge is 2.15. The fraction of sp³-hybridized carbons (Fsp3) is 0.429. The van der Waals surface area contributed by atoms with Gasteiger partial charge in [-0.2, -0.15) is 5.10 Å². The molecular weight excluding hydrogens is 156 g/mol. The van der Waals surface area contributed by atoms with Crippen LogP contribution in [0.4, 0.5) is 5.82 Å². The Morgan fingerprint density at radius 3 is 2.50 bits per heavy atom. The summed E-state index contributed by atoms with van der Waals surface area (Å²) in [7, 11) is 0. The molecule has 0 saturated carbocycles. The third-order valence-corrected chi connectivity index (χ3v) is 1.71. The van der Waals surface area contributed by atoms with Gasteiger partial charge in [0.1, 0.15) is 11.4 Å². The molecular formula is C7H12N4O. The highest BCUT2D eigenvalue weighted by Crippen LogP contribution is 2.14. The van der Waals surface area contributed by atoms with Crippen LogP contribution in [0.3, 0.4) is 0 Å². The van der Waals surface area contributed by atoms with Crippen LogP contribution in [0.15, 0.2) is 0 Å². The normalized spacial score (nSPS) is 10.2. The zero-order valence-corrected chi connectivity index (χ0v) is 7.16. The molecule has 0 aromatic carbocycles. The maximum absolute atomic E-state index is 10.9. The van der Waals surface area contributed by atoms with Gasteiger partial charge in [-0.25, -0.2) is 4.68 Å². The summed E-state index contributed by atoms with van der Waals surface area (Å²) < 4.78 is 1.55. The van der Waals surface area contributed by atoms with E-state index in [0.29, 0.717) is 23.6 Å². The summed E-state index contributed by atoms with van der Waals surface area (Å²) in [4.78, 5) is 10.9. The first-order valence-electron chi connectivity index (χ1n) is 3.70. The second kappa shape index (κ2) is 2.84. The number of rotatable bonds is 2. The standard InChI is InChI=1S/C7H12N4O/c1-3-11-6(8)5(7(9)12)4(2)10-11/h3,8H2,1-2H3,(H2,9,12). The minimum absolute atomic E-state index is 0.330. The topological polar surface area (TPSA) is 86.9 Å². The first-order chi connectivity index (χ1) is 5.57. The summed E-state index contributed by atoms with van der Waals surface area (Å²) in [5, 5.41) is 4.04. The van der Waals surface area contributed by atoms with Gasteiger partial charge in [-0.05, 0) is 13.8 Å². The van der Waals surface area contributed by atoms with Gasteiger partial charge < -0.3 is 11.5 Å². The number of aromatic nitrogens is 2. The second-order valence-corrected chi connectivity index (χ2v) is 2.53. The maximum atomic E-state index is 10.9. The van der Waals surface area contributed by atoms with Crippen molar-refractivity contribution in [3.05, 3.63) is 11.3 Å². The van der Waals surface area contributed by atoms with Crippen molar-refractivity contribution in [3.8, 4) is 0 Å². The maximum Gasteiger partial charge on any atom is 0.254 e. The summed E-state index contributed by atoms with van der Waals surface area (Å²) in [5.74, 6) is -0.174. The van der Waals surface area contributed by atoms with Crippen molar-refractivity contribution in [3.63, 3.8) is 0 Å². The summed E-state index contributed by atoms with van der Waals surface area (Å²) in [6, 6.07) is 0. The Kier molecular flexibility index (Phi) is 2.03. The number of carbonyl (C=O) groups is 1. The number of nitrogens with two attached hydrogens (primary N) is 2. The molecule has 0 aliphatic heterocycles. The zero-order valence-electron chi connectivity index (χ0n) is 7.16. The quantitative estimate of drug-likeness (QED) is 0.646. The number of amides is 1. The molecule has 0 saturated heterocycles. The van der Waals surface area contributed by atoms with Crippen LogP contribution >= 0.6 is 0 Å². The molecule has 1 heterocycles. The van der Waals surface area contributed by atoms with Gasteiger partial charge in [0.2, 0.25) is 0 Å². The van der Waals surface area contributed by atoms with Crippen molar-refractivity contribution >= 4 is 11.7 Å². The molecule has 12 heavy (non-hydrogen) atoms. The summed E-state index contributed by atoms with van der Waals surface area (Å²) >= 11 is 0. The number of hydrogen-bond donors (Lipinski definition) is 2. The molecule has 1 rings (SSSR count). The van der Waals surface area contributed by atoms with Crippen molar-refractivity contribution in [2.75, 3.05) is 5.73 Å². The van der Waals surface area contributed by atoms with Gasteiger partial charge in [-0.1, -0.05) is 0 Å². The highest BCUT2D eigenvalue weighted by atomic mass is 16.1. The molecule has 1 amide bonds. The molecule has 5 nitrogen and oxygen atoms in total. The Morgan fingerprint density at radius 1 is 1.67 bits per heavy atom. The van der Waals surface area contributed by atoms with E-state index in [1.54, 1.807) is 11.6 Å². The number of carbonyl (C=O) groups excluding carboxylic acids is 1. The van der Waals surface area contributed by atoms with Crippen LogP contribution in [0.5, 0.6) is 0 Å². The molecule has 1 aromatic rings. The summed E-state index contributed by atoms with van der Waals surface area (Å²) in [5.41, 5.74) is 11.6. The number of nitrogen functional groups attached to an aromatic ring is 1. The van der Waals surface area contributed by atoms with E-state index in [9.17, 15) is 4.79 Å². The zero-order chi connectivity index (χ0) is 9.30. The van der Waals surface area contributed by atoms with E-state index in [-0.39, 0.29) is 0 Å². The average Bonchev–Trinajstić information content (AvgIpc) is 2.25. The number of primary amides is 1. The van der Waals surface area contributed by atoms with E-state index >= 15 is 0 Å². The van der Waals surface area contributed by atoms with Gasteiger partial charge in [-0.15, -0.1) is 0 Å². The molecule has 66 valence electrons. The van der Waals surface area contributed by atoms with Crippen LogP contribution in [0, 0.1) is 6.92 Å². The van der Waals surface area contributed by atoms with Crippen molar-refractivity contribution in [2.45, 2.75) is 20.4 Å². The van der Waals surface area contributed by atoms with E-state index < -0.39 is 5.91 Å². The number of hydrogen-bond acceptors (Lipinski definition) is 3. The second-order valence-electron chi connectivity index (χ2n) is 2.53. The predicted octanol–water partition coefficient (Wildman–Crippen LogP) is -0.107. The Labute approximate surface area is 70.3 Å². The minimum atomic E-state index is -0.523. The van der Waals surface area contributed by atoms with Crippen LogP contribution in [-0.4, -0.2) is 15.7 Å². The SMILES string of the molecule is CCn1nc(C)c(C(N)=O)c1N. The number of aryl methyl sites for hydroxylation is 2. The predicted molar refractivity (Wildman–Crippen MR) is 45.6 cm³/mol. The van der Waals surface area contributed by atoms with Gasteiger partial charge in [-0.3, -0.25) is 4.79 Å². The lowest BCUT2D eigenvalue weighted by Gasteiger charge is -1.97. The monoisotopic (exact) mass is 168 g/mol. The van der Waals surface area contributed by atoms with Crippen LogP contribution < -0.4 is 11.5 Å². The van der Waals surface area contributed by atoms with Crippen LogP contribution in [0.25, 0.3) is 0 Å². The molecule has 0 spiro atoms. The molecule has 0 aliphatic carbocycles. The molecule has 0 fully saturated rings. The van der Waals surface area contributed by atoms with Gasteiger partial charge in [0.25, 0.3) is 5.91 Å². The lowest BCUT2D eigenvalue weighted by molar-refractivity contribution is 0.100. The minimum Gasteiger partial charge on any atom is -0.383 e. The third kappa shape index (κ3) is 1.13. The van der Waals surface area contributed by atoms with Gasteiger partial charge in [0.05, 0.1) is 5.69 Å². The third-order valence-electron chi connectivity index (χ3n) is 1.71. The lowest BCUT2D eigenvalue weighted by atomic mass is 10.2. The molecule has 0 aliphatic rings. The van der Waals surface area contributed by atoms with E-state index in [4.69, 9.17) is 11.5 Å². The molecule has 0 atom stereocenters. The van der Waals surface area contributed by atoms with E-state index in [2.05, 4.69) is 5.10 Å². The van der Waals surface area contributed by atoms with Crippen molar-refractivity contribution in [1.82, 2.24) is 9.78 Å². The fourth-order valence-electron chi connectivity index (χ4n) is 1.14. The van der Waals surface area contributed by atoms with Crippen molar-refractivity contribution < 1.29 is 4.79 Å². The number of nitrogens with zero attached hydrogens (tertiary/aromatic N) is 2. The van der Waals surface area contributed by atoms with Gasteiger partial charge in [0.15, 0.2) is 0 Å². The largest absolute Gasteiger partial charge is 0.383 e. The van der Waals surface area contributed by atoms with Gasteiger partial charge in [0, 0.05) is 6.54 Å². The lowest BCUT2D eigenvalue weighted by Crippen LogP contribution is -2.14. The molecule has 0 bridgehead atoms. The Balaban J connectivity index is 3.28. The molecule has 4 N–H and O–H groups in total. The van der Waals surface area contributed by atoms with Gasteiger partial charge >= 0.3 is 0 Å². The fourth-order valence-corrected chi connectivity index (χ4v) is 1.14. The Bertz CT molecular complexity index is 315. The van der Waals surface area contributed by atoms with E-state index in [1.165, 1.54) is 0 Å². The first-order valence-corrected chi connectivity index (χ1v) is 3.70. The van der Waals surface area contributed by atoms with Crippen LogP contribution in [0.2, 0.25) is 0 Å². The molecule has 5 heteroatoms. The Morgan fingerprint density at radius 2 is 2.25 bits per heavy atom. The van der Waals surface area contributed by atoms with Crippen molar-refractivity contribution in [2.24, 2.45) is 5.73 Å². The summed E-state index contributed by atoms with van der Waals surface area (Å²) in [6.07, 6.45) is 0. The summed E-state index contributed by atoms with van der Waals surface area (Å²) in [6.45, 7) is 4.25. The average molecular weight is 168 g/mol. The van der Waals surface area contributed by atoms with Crippen LogP contribution in [0.1, 0.15) is 23.0 Å². The highest BCUT2D eigenvalue weighted by molar-refractivity contribution is 5.98. The smallest absolute Gasteiger partial charge is 0.254 e. The van der Waals surface area contributed by atoms with Crippen molar-refractivity contribution in [1.29, 1.82) is 0 Å². The Hall–Kier alpha value is -1.52. The molecule has 0 unspecified atom stereocenters. The number of anilines is 1. The molecule has 0 radical (unpaired) electrons. The molecule has 1 aromatic heterocycles.